The summed E-state index contributed by atoms with van der Waals surface area (Å²) in [6, 6.07) is 34.3. The summed E-state index contributed by atoms with van der Waals surface area (Å²) in [7, 11) is 17.9. The number of allylic oxidation sites excluding steroid dienone is 2. The zero-order chi connectivity index (χ0) is 35.7. The summed E-state index contributed by atoms with van der Waals surface area (Å²) < 4.78 is 0.185. The van der Waals surface area contributed by atoms with Crippen molar-refractivity contribution < 1.29 is 15.6 Å². The van der Waals surface area contributed by atoms with Crippen LogP contribution < -0.4 is 0 Å². The van der Waals surface area contributed by atoms with Crippen molar-refractivity contribution >= 4 is 35.1 Å². The molecule has 0 aromatic heterocycles. The van der Waals surface area contributed by atoms with E-state index in [1.165, 1.54) is 97.6 Å². The Hall–Kier alpha value is -2.84. The second kappa shape index (κ2) is 15.1. The Morgan fingerprint density at radius 3 is 1.29 bits per heavy atom. The third-order valence-electron chi connectivity index (χ3n) is 12.8. The van der Waals surface area contributed by atoms with Gasteiger partial charge in [-0.2, -0.15) is 0 Å². The molecule has 2 unspecified atom stereocenters. The quantitative estimate of drug-likeness (QED) is 0.139. The minimum atomic E-state index is -4.98. The van der Waals surface area contributed by atoms with Gasteiger partial charge < -0.3 is 0 Å². The van der Waals surface area contributed by atoms with Crippen LogP contribution in [0, 0.1) is 35.5 Å². The predicted octanol–water partition coefficient (Wildman–Crippen LogP) is 13.2. The summed E-state index contributed by atoms with van der Waals surface area (Å²) in [6.07, 6.45) is 17.8. The zero-order valence-corrected chi connectivity index (χ0v) is 35.7. The van der Waals surface area contributed by atoms with Crippen molar-refractivity contribution in [3.8, 4) is 23.7 Å². The molecule has 0 nitrogen and oxygen atoms in total. The molecule has 263 valence electrons. The molecule has 2 fully saturated rings. The van der Waals surface area contributed by atoms with Crippen LogP contribution in [0.1, 0.15) is 116 Å². The van der Waals surface area contributed by atoms with Crippen LogP contribution in [0.5, 0.6) is 0 Å². The molecule has 4 aromatic rings. The maximum atomic E-state index is 8.96. The minimum absolute atomic E-state index is 0.0926. The molecule has 4 aromatic carbocycles. The van der Waals surface area contributed by atoms with E-state index in [0.29, 0.717) is 11.8 Å². The van der Waals surface area contributed by atoms with Crippen LogP contribution in [0.2, 0.25) is 13.1 Å². The van der Waals surface area contributed by atoms with Crippen molar-refractivity contribution in [2.24, 2.45) is 11.8 Å². The summed E-state index contributed by atoms with van der Waals surface area (Å²) >= 11 is -4.98. The molecule has 2 atom stereocenters. The van der Waals surface area contributed by atoms with Gasteiger partial charge in [0.1, 0.15) is 0 Å². The fraction of sp³-hybridized carbons (Fsp3) is 0.333. The average Bonchev–Trinajstić information content (AvgIpc) is 3.80. The summed E-state index contributed by atoms with van der Waals surface area (Å²) in [5, 5.41) is 0. The van der Waals surface area contributed by atoms with E-state index in [-0.39, 0.29) is 7.25 Å². The van der Waals surface area contributed by atoms with Gasteiger partial charge in [0.2, 0.25) is 0 Å². The van der Waals surface area contributed by atoms with Gasteiger partial charge in [0.05, 0.1) is 0 Å². The van der Waals surface area contributed by atoms with Crippen molar-refractivity contribution in [3.05, 3.63) is 153 Å². The molecule has 4 aliphatic rings. The number of hydrogen-bond donors (Lipinski definition) is 0. The van der Waals surface area contributed by atoms with Gasteiger partial charge in [-0.15, -0.1) is 0 Å². The predicted molar refractivity (Wildman–Crippen MR) is 223 cm³/mol. The van der Waals surface area contributed by atoms with Gasteiger partial charge in [0, 0.05) is 0 Å². The van der Waals surface area contributed by atoms with Crippen LogP contribution in [0.3, 0.4) is 0 Å². The molecule has 0 saturated heterocycles. The van der Waals surface area contributed by atoms with Gasteiger partial charge in [-0.3, -0.25) is 0 Å². The van der Waals surface area contributed by atoms with Crippen molar-refractivity contribution in [3.63, 3.8) is 0 Å². The SMILES string of the molecule is C[SiH](C)[Zr]([Cl])([Cl])([CH]1C(C2CCCCC2)=Cc2c(C#Cc3ccccc3)cccc21)[CH]1C(C2CCCCC2)=Cc2c(C#Cc3ccccc3)cccc21. The molecular weight excluding hydrogens is 767 g/mol. The first-order valence-corrected chi connectivity index (χ1v) is 36.0. The van der Waals surface area contributed by atoms with E-state index in [0.717, 1.165) is 22.3 Å². The van der Waals surface area contributed by atoms with Crippen LogP contribution in [-0.4, -0.2) is 5.92 Å². The topological polar surface area (TPSA) is 0 Å². The summed E-state index contributed by atoms with van der Waals surface area (Å²) in [4.78, 5) is 0. The van der Waals surface area contributed by atoms with Crippen LogP contribution in [0.4, 0.5) is 0 Å². The van der Waals surface area contributed by atoms with E-state index in [1.807, 2.05) is 12.1 Å². The Bertz CT molecular complexity index is 2000. The Morgan fingerprint density at radius 2 is 0.904 bits per heavy atom. The molecule has 0 radical (unpaired) electrons. The molecule has 0 amide bonds. The number of fused-ring (bicyclic) bond motifs is 2. The summed E-state index contributed by atoms with van der Waals surface area (Å²) in [5.74, 6) is 13.5. The van der Waals surface area contributed by atoms with Crippen molar-refractivity contribution in [2.75, 3.05) is 0 Å². The van der Waals surface area contributed by atoms with Crippen LogP contribution >= 0.6 is 17.0 Å². The summed E-state index contributed by atoms with van der Waals surface area (Å²) in [5.41, 5.74) is 12.6. The Morgan fingerprint density at radius 1 is 0.500 bits per heavy atom. The molecule has 0 N–H and O–H groups in total. The summed E-state index contributed by atoms with van der Waals surface area (Å²) in [6.45, 7) is 4.99. The Kier molecular flexibility index (Phi) is 10.5. The number of hydrogen-bond acceptors (Lipinski definition) is 0. The zero-order valence-electron chi connectivity index (χ0n) is 30.6. The van der Waals surface area contributed by atoms with E-state index in [2.05, 4.69) is 134 Å². The van der Waals surface area contributed by atoms with Crippen molar-refractivity contribution in [1.82, 2.24) is 0 Å². The average molecular weight is 816 g/mol. The fourth-order valence-corrected chi connectivity index (χ4v) is 41.0. The third-order valence-corrected chi connectivity index (χ3v) is 64.4. The number of rotatable bonds is 5. The first-order chi connectivity index (χ1) is 25.3. The monoisotopic (exact) mass is 813 g/mol. The van der Waals surface area contributed by atoms with Crippen LogP contribution in [0.15, 0.2) is 108 Å². The van der Waals surface area contributed by atoms with Crippen molar-refractivity contribution in [2.45, 2.75) is 84.6 Å². The van der Waals surface area contributed by atoms with Crippen LogP contribution in [-0.2, 0) is 15.6 Å². The standard InChI is InChI=1S/2C23H21.C2H7Si.2ClH.Zr/c2*1-3-8-18(9-4-1)14-15-20-12-7-13-21-16-22(17-23(20)21)19-10-5-2-6-11-19;1-3-2;;;/h2*1,3-4,7-9,12-13,16-17,19H,2,5-6,10-11H2;3H,1-2H3;2*1H;/q;;;;;+2/p-2. The molecule has 0 aliphatic heterocycles. The van der Waals surface area contributed by atoms with E-state index >= 15 is 0 Å². The third kappa shape index (κ3) is 6.62. The second-order valence-corrected chi connectivity index (χ2v) is 58.6. The normalized spacial score (nSPS) is 21.1. The molecule has 2 saturated carbocycles. The van der Waals surface area contributed by atoms with Gasteiger partial charge in [-0.25, -0.2) is 0 Å². The van der Waals surface area contributed by atoms with E-state index < -0.39 is 21.5 Å². The second-order valence-electron chi connectivity index (χ2n) is 16.1. The number of benzene rings is 4. The Balaban J connectivity index is 1.33. The van der Waals surface area contributed by atoms with Gasteiger partial charge >= 0.3 is 323 Å². The van der Waals surface area contributed by atoms with Crippen LogP contribution in [0.25, 0.3) is 12.2 Å². The Labute approximate surface area is 320 Å². The van der Waals surface area contributed by atoms with E-state index in [1.54, 1.807) is 0 Å². The van der Waals surface area contributed by atoms with E-state index in [4.69, 9.17) is 17.0 Å². The molecule has 4 aliphatic carbocycles. The first kappa shape index (κ1) is 36.2. The van der Waals surface area contributed by atoms with Crippen molar-refractivity contribution in [1.29, 1.82) is 0 Å². The maximum absolute atomic E-state index is 8.96. The molecule has 8 rings (SSSR count). The molecule has 52 heavy (non-hydrogen) atoms. The molecular formula is C48H49Cl2SiZr. The molecule has 0 spiro atoms. The van der Waals surface area contributed by atoms with Gasteiger partial charge in [0.25, 0.3) is 0 Å². The first-order valence-electron chi connectivity index (χ1n) is 19.7. The van der Waals surface area contributed by atoms with Gasteiger partial charge in [0.15, 0.2) is 0 Å². The molecule has 0 heterocycles. The van der Waals surface area contributed by atoms with Gasteiger partial charge in [-0.05, 0) is 0 Å². The fourth-order valence-electron chi connectivity index (χ4n) is 10.0. The number of halogens is 2. The van der Waals surface area contributed by atoms with E-state index in [9.17, 15) is 0 Å². The molecule has 4 heteroatoms. The van der Waals surface area contributed by atoms with Gasteiger partial charge in [-0.1, -0.05) is 0 Å². The molecule has 0 bridgehead atoms.